The quantitative estimate of drug-likeness (QED) is 0.617. The normalized spacial score (nSPS) is 9.91. The van der Waals surface area contributed by atoms with Crippen LogP contribution in [0.4, 0.5) is 0 Å². The van der Waals surface area contributed by atoms with E-state index in [0.717, 1.165) is 13.1 Å². The molecule has 1 nitrogen and oxygen atoms in total. The van der Waals surface area contributed by atoms with Gasteiger partial charge in [0.2, 0.25) is 0 Å². The van der Waals surface area contributed by atoms with Crippen LogP contribution in [0.1, 0.15) is 5.56 Å². The molecular weight excluding hydrogens is 154 g/mol. The topological polar surface area (TPSA) is 3.24 Å². The van der Waals surface area contributed by atoms with Crippen molar-refractivity contribution >= 4 is 11.3 Å². The fraction of sp³-hybridized carbons (Fsp3) is 0.333. The molecule has 0 bridgehead atoms. The average molecular weight is 165 g/mol. The molecule has 0 fully saturated rings. The lowest BCUT2D eigenvalue weighted by molar-refractivity contribution is 0.370. The Hall–Kier alpha value is -0.780. The van der Waals surface area contributed by atoms with E-state index in [1.807, 2.05) is 7.05 Å². The Bertz CT molecular complexity index is 233. The largest absolute Gasteiger partial charge is 0.291 e. The highest BCUT2D eigenvalue weighted by Crippen LogP contribution is 2.07. The van der Waals surface area contributed by atoms with E-state index in [4.69, 9.17) is 6.42 Å². The molecule has 1 heterocycles. The maximum absolute atomic E-state index is 5.17. The molecule has 0 aliphatic carbocycles. The van der Waals surface area contributed by atoms with Crippen molar-refractivity contribution in [2.24, 2.45) is 0 Å². The third-order valence-corrected chi connectivity index (χ3v) is 2.13. The summed E-state index contributed by atoms with van der Waals surface area (Å²) in [4.78, 5) is 2.11. The van der Waals surface area contributed by atoms with Gasteiger partial charge in [-0.1, -0.05) is 5.92 Å². The minimum Gasteiger partial charge on any atom is -0.291 e. The molecule has 2 heteroatoms. The van der Waals surface area contributed by atoms with Gasteiger partial charge in [0.1, 0.15) is 0 Å². The highest BCUT2D eigenvalue weighted by atomic mass is 32.1. The Morgan fingerprint density at radius 3 is 3.09 bits per heavy atom. The van der Waals surface area contributed by atoms with Crippen LogP contribution >= 0.6 is 11.3 Å². The van der Waals surface area contributed by atoms with E-state index in [9.17, 15) is 0 Å². The summed E-state index contributed by atoms with van der Waals surface area (Å²) in [5, 5.41) is 4.23. The summed E-state index contributed by atoms with van der Waals surface area (Å²) in [5.74, 6) is 2.61. The van der Waals surface area contributed by atoms with Gasteiger partial charge < -0.3 is 0 Å². The first-order valence-electron chi connectivity index (χ1n) is 3.46. The van der Waals surface area contributed by atoms with Gasteiger partial charge in [0.25, 0.3) is 0 Å². The summed E-state index contributed by atoms with van der Waals surface area (Å²) in [6.45, 7) is 1.67. The number of hydrogen-bond donors (Lipinski definition) is 0. The summed E-state index contributed by atoms with van der Waals surface area (Å²) in [6.07, 6.45) is 5.17. The maximum Gasteiger partial charge on any atom is 0.0599 e. The molecule has 11 heavy (non-hydrogen) atoms. The molecule has 0 amide bonds. The van der Waals surface area contributed by atoms with E-state index < -0.39 is 0 Å². The number of hydrogen-bond acceptors (Lipinski definition) is 2. The monoisotopic (exact) mass is 165 g/mol. The molecule has 58 valence electrons. The predicted octanol–water partition coefficient (Wildman–Crippen LogP) is 1.81. The van der Waals surface area contributed by atoms with Crippen LogP contribution in [0.15, 0.2) is 16.8 Å². The molecule has 0 radical (unpaired) electrons. The molecule has 0 unspecified atom stereocenters. The van der Waals surface area contributed by atoms with E-state index in [1.54, 1.807) is 11.3 Å². The molecule has 1 rings (SSSR count). The van der Waals surface area contributed by atoms with Gasteiger partial charge in [-0.3, -0.25) is 4.90 Å². The molecular formula is C9H11NS. The number of terminal acetylenes is 1. The Kier molecular flexibility index (Phi) is 3.15. The SMILES string of the molecule is C#CCN(C)Cc1ccsc1. The van der Waals surface area contributed by atoms with Gasteiger partial charge in [-0.05, 0) is 29.4 Å². The zero-order valence-corrected chi connectivity index (χ0v) is 7.40. The Morgan fingerprint density at radius 2 is 2.55 bits per heavy atom. The fourth-order valence-corrected chi connectivity index (χ4v) is 1.57. The third-order valence-electron chi connectivity index (χ3n) is 1.39. The lowest BCUT2D eigenvalue weighted by Crippen LogP contribution is -2.17. The minimum atomic E-state index is 0.718. The van der Waals surface area contributed by atoms with Crippen LogP contribution in [-0.4, -0.2) is 18.5 Å². The van der Waals surface area contributed by atoms with Gasteiger partial charge in [0, 0.05) is 6.54 Å². The van der Waals surface area contributed by atoms with Gasteiger partial charge >= 0.3 is 0 Å². The Balaban J connectivity index is 2.38. The van der Waals surface area contributed by atoms with Crippen LogP contribution < -0.4 is 0 Å². The molecule has 0 N–H and O–H groups in total. The average Bonchev–Trinajstić information content (AvgIpc) is 2.40. The van der Waals surface area contributed by atoms with Gasteiger partial charge in [0.15, 0.2) is 0 Å². The minimum absolute atomic E-state index is 0.718. The lowest BCUT2D eigenvalue weighted by atomic mass is 10.3. The Labute approximate surface area is 71.7 Å². The van der Waals surface area contributed by atoms with Crippen LogP contribution in [0, 0.1) is 12.3 Å². The molecule has 0 aliphatic heterocycles. The van der Waals surface area contributed by atoms with Crippen LogP contribution in [0.3, 0.4) is 0 Å². The third kappa shape index (κ3) is 2.75. The molecule has 0 spiro atoms. The van der Waals surface area contributed by atoms with Crippen molar-refractivity contribution in [1.82, 2.24) is 4.90 Å². The van der Waals surface area contributed by atoms with Gasteiger partial charge in [-0.2, -0.15) is 11.3 Å². The second kappa shape index (κ2) is 4.17. The fourth-order valence-electron chi connectivity index (χ4n) is 0.906. The summed E-state index contributed by atoms with van der Waals surface area (Å²) in [6, 6.07) is 2.12. The molecule has 0 saturated carbocycles. The molecule has 1 aromatic rings. The first-order valence-corrected chi connectivity index (χ1v) is 4.40. The van der Waals surface area contributed by atoms with Crippen molar-refractivity contribution in [3.05, 3.63) is 22.4 Å². The van der Waals surface area contributed by atoms with Crippen molar-refractivity contribution in [2.75, 3.05) is 13.6 Å². The maximum atomic E-state index is 5.17. The van der Waals surface area contributed by atoms with E-state index in [0.29, 0.717) is 0 Å². The van der Waals surface area contributed by atoms with E-state index in [2.05, 4.69) is 27.6 Å². The smallest absolute Gasteiger partial charge is 0.0599 e. The molecule has 1 aromatic heterocycles. The molecule has 0 aromatic carbocycles. The van der Waals surface area contributed by atoms with Crippen molar-refractivity contribution in [2.45, 2.75) is 6.54 Å². The van der Waals surface area contributed by atoms with Crippen molar-refractivity contribution in [3.8, 4) is 12.3 Å². The van der Waals surface area contributed by atoms with Gasteiger partial charge in [0.05, 0.1) is 6.54 Å². The zero-order valence-electron chi connectivity index (χ0n) is 6.58. The highest BCUT2D eigenvalue weighted by molar-refractivity contribution is 7.07. The van der Waals surface area contributed by atoms with E-state index >= 15 is 0 Å². The van der Waals surface area contributed by atoms with Crippen LogP contribution in [0.25, 0.3) is 0 Å². The zero-order chi connectivity index (χ0) is 8.10. The summed E-state index contributed by atoms with van der Waals surface area (Å²) < 4.78 is 0. The number of rotatable bonds is 3. The first-order chi connectivity index (χ1) is 5.33. The van der Waals surface area contributed by atoms with E-state index in [-0.39, 0.29) is 0 Å². The molecule has 0 saturated heterocycles. The lowest BCUT2D eigenvalue weighted by Gasteiger charge is -2.10. The standard InChI is InChI=1S/C9H11NS/c1-3-5-10(2)7-9-4-6-11-8-9/h1,4,6,8H,5,7H2,2H3. The van der Waals surface area contributed by atoms with E-state index in [1.165, 1.54) is 5.56 Å². The van der Waals surface area contributed by atoms with Crippen LogP contribution in [-0.2, 0) is 6.54 Å². The second-order valence-electron chi connectivity index (χ2n) is 2.51. The summed E-state index contributed by atoms with van der Waals surface area (Å²) in [7, 11) is 2.03. The van der Waals surface area contributed by atoms with Crippen molar-refractivity contribution < 1.29 is 0 Å². The van der Waals surface area contributed by atoms with Gasteiger partial charge in [-0.15, -0.1) is 6.42 Å². The summed E-state index contributed by atoms with van der Waals surface area (Å²) in [5.41, 5.74) is 1.34. The van der Waals surface area contributed by atoms with Gasteiger partial charge in [-0.25, -0.2) is 0 Å². The summed E-state index contributed by atoms with van der Waals surface area (Å²) >= 11 is 1.72. The van der Waals surface area contributed by atoms with Crippen molar-refractivity contribution in [1.29, 1.82) is 0 Å². The first kappa shape index (κ1) is 8.32. The van der Waals surface area contributed by atoms with Crippen molar-refractivity contribution in [3.63, 3.8) is 0 Å². The number of thiophene rings is 1. The highest BCUT2D eigenvalue weighted by Gasteiger charge is 1.96. The predicted molar refractivity (Wildman–Crippen MR) is 49.5 cm³/mol. The molecule has 0 aliphatic rings. The van der Waals surface area contributed by atoms with Crippen LogP contribution in [0.2, 0.25) is 0 Å². The number of nitrogens with zero attached hydrogens (tertiary/aromatic N) is 1. The van der Waals surface area contributed by atoms with Crippen LogP contribution in [0.5, 0.6) is 0 Å². The molecule has 0 atom stereocenters. The Morgan fingerprint density at radius 1 is 1.73 bits per heavy atom. The second-order valence-corrected chi connectivity index (χ2v) is 3.29.